The molecule has 6 heteroatoms. The highest BCUT2D eigenvalue weighted by molar-refractivity contribution is 7.99. The highest BCUT2D eigenvalue weighted by atomic mass is 35.5. The molecule has 5 rings (SSSR count). The fourth-order valence-corrected chi connectivity index (χ4v) is 5.99. The van der Waals surface area contributed by atoms with Crippen molar-refractivity contribution in [3.05, 3.63) is 112 Å². The van der Waals surface area contributed by atoms with Gasteiger partial charge in [0.2, 0.25) is 5.78 Å². The molecule has 0 spiro atoms. The monoisotopic (exact) mass is 552 g/mol. The number of thioether (sulfide) groups is 1. The van der Waals surface area contributed by atoms with Crippen LogP contribution in [0.4, 0.5) is 0 Å². The normalized spacial score (nSPS) is 11.8. The smallest absolute Gasteiger partial charge is 0.206 e. The molecule has 0 radical (unpaired) electrons. The molecule has 0 bridgehead atoms. The Kier molecular flexibility index (Phi) is 8.01. The quantitative estimate of drug-likeness (QED) is 0.105. The number of ketones is 2. The van der Waals surface area contributed by atoms with Crippen LogP contribution in [-0.2, 0) is 6.54 Å². The zero-order valence-corrected chi connectivity index (χ0v) is 23.8. The average Bonchev–Trinajstić information content (AvgIpc) is 3.28. The molecule has 0 saturated carbocycles. The molecule has 0 aliphatic rings. The zero-order chi connectivity index (χ0) is 27.5. The summed E-state index contributed by atoms with van der Waals surface area (Å²) in [5.74, 6) is 0.667. The average molecular weight is 553 g/mol. The van der Waals surface area contributed by atoms with E-state index in [2.05, 4.69) is 16.5 Å². The van der Waals surface area contributed by atoms with E-state index in [0.717, 1.165) is 44.6 Å². The molecule has 0 aliphatic heterocycles. The molecule has 0 fully saturated rings. The molecule has 5 aromatic rings. The minimum Gasteiger partial charge on any atom is -0.341 e. The second kappa shape index (κ2) is 11.6. The Morgan fingerprint density at radius 1 is 0.872 bits per heavy atom. The number of nitrogens with zero attached hydrogens (tertiary/aromatic N) is 2. The number of carbonyl (C=O) groups excluding carboxylic acids is 2. The molecule has 39 heavy (non-hydrogen) atoms. The van der Waals surface area contributed by atoms with Crippen molar-refractivity contribution >= 4 is 62.4 Å². The van der Waals surface area contributed by atoms with Crippen LogP contribution in [0.2, 0.25) is 5.02 Å². The van der Waals surface area contributed by atoms with E-state index < -0.39 is 0 Å². The third kappa shape index (κ3) is 5.42. The molecule has 0 N–H and O–H groups in total. The van der Waals surface area contributed by atoms with E-state index in [1.54, 1.807) is 18.8 Å². The van der Waals surface area contributed by atoms with Gasteiger partial charge in [-0.05, 0) is 80.1 Å². The van der Waals surface area contributed by atoms with Crippen molar-refractivity contribution in [1.82, 2.24) is 4.57 Å². The first-order valence-corrected chi connectivity index (χ1v) is 14.3. The Morgan fingerprint density at radius 3 is 2.15 bits per heavy atom. The Hall–Kier alpha value is -3.67. The summed E-state index contributed by atoms with van der Waals surface area (Å²) >= 11 is 7.66. The second-order valence-corrected chi connectivity index (χ2v) is 11.0. The highest BCUT2D eigenvalue weighted by Crippen LogP contribution is 2.32. The topological polar surface area (TPSA) is 51.4 Å². The first-order valence-electron chi connectivity index (χ1n) is 13.0. The molecule has 0 amide bonds. The van der Waals surface area contributed by atoms with E-state index in [0.29, 0.717) is 33.8 Å². The van der Waals surface area contributed by atoms with E-state index in [1.807, 2.05) is 91.9 Å². The third-order valence-corrected chi connectivity index (χ3v) is 8.31. The van der Waals surface area contributed by atoms with Crippen molar-refractivity contribution < 1.29 is 9.59 Å². The van der Waals surface area contributed by atoms with Crippen molar-refractivity contribution in [1.29, 1.82) is 0 Å². The van der Waals surface area contributed by atoms with E-state index in [1.165, 1.54) is 0 Å². The number of aryl methyl sites for hydroxylation is 2. The number of hydrogen-bond donors (Lipinski definition) is 0. The molecule has 0 aliphatic carbocycles. The van der Waals surface area contributed by atoms with Crippen LogP contribution in [0.15, 0.2) is 94.8 Å². The molecular weight excluding hydrogens is 524 g/mol. The Labute approximate surface area is 237 Å². The molecule has 196 valence electrons. The molecule has 0 atom stereocenters. The lowest BCUT2D eigenvalue weighted by Crippen LogP contribution is -2.15. The number of carbonyl (C=O) groups is 2. The molecule has 4 aromatic carbocycles. The van der Waals surface area contributed by atoms with E-state index in [9.17, 15) is 9.59 Å². The van der Waals surface area contributed by atoms with Crippen molar-refractivity contribution in [3.8, 4) is 0 Å². The fourth-order valence-electron chi connectivity index (χ4n) is 5.00. The number of benzene rings is 4. The Morgan fingerprint density at radius 2 is 1.51 bits per heavy atom. The number of Topliss-reactive ketones (excluding diaryl/α,β-unsaturated/α-hetero) is 1. The number of hydrogen-bond acceptors (Lipinski definition) is 4. The maximum Gasteiger partial charge on any atom is 0.206 e. The van der Waals surface area contributed by atoms with Gasteiger partial charge in [0.05, 0.1) is 5.71 Å². The van der Waals surface area contributed by atoms with Gasteiger partial charge in [0.15, 0.2) is 5.78 Å². The standard InChI is InChI=1S/C33H29ClN2O2S/c1-4-36-30-15-9-22(32(37)26-8-6-5-7-21(26)2)19-27(30)28-20-23(10-16-31(28)36)33(38)29(35-3)17-18-39-25-13-11-24(34)12-14-25/h5-16,19-20H,4,17-18H2,1-3H3/b35-29+. The maximum absolute atomic E-state index is 13.5. The third-order valence-electron chi connectivity index (χ3n) is 7.05. The molecular formula is C33H29ClN2O2S. The lowest BCUT2D eigenvalue weighted by molar-refractivity contribution is 0.103. The van der Waals surface area contributed by atoms with Gasteiger partial charge < -0.3 is 4.57 Å². The first-order chi connectivity index (χ1) is 18.9. The molecule has 0 unspecified atom stereocenters. The number of aromatic nitrogens is 1. The summed E-state index contributed by atoms with van der Waals surface area (Å²) in [4.78, 5) is 32.3. The van der Waals surface area contributed by atoms with E-state index in [4.69, 9.17) is 11.6 Å². The van der Waals surface area contributed by atoms with Gasteiger partial charge in [0.1, 0.15) is 0 Å². The predicted molar refractivity (Wildman–Crippen MR) is 164 cm³/mol. The lowest BCUT2D eigenvalue weighted by Gasteiger charge is -2.07. The van der Waals surface area contributed by atoms with Crippen LogP contribution in [0.5, 0.6) is 0 Å². The van der Waals surface area contributed by atoms with Crippen LogP contribution in [0.3, 0.4) is 0 Å². The van der Waals surface area contributed by atoms with E-state index >= 15 is 0 Å². The van der Waals surface area contributed by atoms with Gasteiger partial charge in [-0.25, -0.2) is 0 Å². The number of aliphatic imine (C=N–C) groups is 1. The Bertz CT molecular complexity index is 1730. The van der Waals surface area contributed by atoms with Crippen LogP contribution in [-0.4, -0.2) is 34.6 Å². The number of fused-ring (bicyclic) bond motifs is 3. The predicted octanol–water partition coefficient (Wildman–Crippen LogP) is 8.44. The summed E-state index contributed by atoms with van der Waals surface area (Å²) in [5.41, 5.74) is 5.52. The summed E-state index contributed by atoms with van der Waals surface area (Å²) in [6.07, 6.45) is 0.562. The van der Waals surface area contributed by atoms with Crippen molar-refractivity contribution in [3.63, 3.8) is 0 Å². The SMILES string of the molecule is CCn1c2ccc(C(=O)/C(CCSc3ccc(Cl)cc3)=N/C)cc2c2cc(C(=O)c3ccccc3C)ccc21. The number of halogens is 1. The van der Waals surface area contributed by atoms with Crippen molar-refractivity contribution in [2.45, 2.75) is 31.7 Å². The summed E-state index contributed by atoms with van der Waals surface area (Å²) in [7, 11) is 1.67. The minimum absolute atomic E-state index is 0.00165. The summed E-state index contributed by atoms with van der Waals surface area (Å²) in [5, 5.41) is 2.63. The van der Waals surface area contributed by atoms with Crippen molar-refractivity contribution in [2.75, 3.05) is 12.8 Å². The number of rotatable bonds is 9. The van der Waals surface area contributed by atoms with Crippen LogP contribution in [0.1, 0.15) is 45.2 Å². The fraction of sp³-hybridized carbons (Fsp3) is 0.182. The molecule has 1 aromatic heterocycles. The second-order valence-electron chi connectivity index (χ2n) is 9.40. The van der Waals surface area contributed by atoms with E-state index in [-0.39, 0.29) is 11.6 Å². The Balaban J connectivity index is 1.46. The largest absolute Gasteiger partial charge is 0.341 e. The summed E-state index contributed by atoms with van der Waals surface area (Å²) < 4.78 is 2.22. The van der Waals surface area contributed by atoms with Crippen LogP contribution < -0.4 is 0 Å². The van der Waals surface area contributed by atoms with Gasteiger partial charge in [0, 0.05) is 74.2 Å². The van der Waals surface area contributed by atoms with Crippen LogP contribution >= 0.6 is 23.4 Å². The van der Waals surface area contributed by atoms with Crippen LogP contribution in [0, 0.1) is 6.92 Å². The van der Waals surface area contributed by atoms with Gasteiger partial charge >= 0.3 is 0 Å². The minimum atomic E-state index is -0.0688. The van der Waals surface area contributed by atoms with Gasteiger partial charge in [-0.1, -0.05) is 35.9 Å². The molecule has 0 saturated heterocycles. The lowest BCUT2D eigenvalue weighted by atomic mass is 9.97. The van der Waals surface area contributed by atoms with Gasteiger partial charge in [-0.15, -0.1) is 11.8 Å². The highest BCUT2D eigenvalue weighted by Gasteiger charge is 2.19. The maximum atomic E-state index is 13.5. The van der Waals surface area contributed by atoms with Gasteiger partial charge in [0.25, 0.3) is 0 Å². The van der Waals surface area contributed by atoms with Crippen molar-refractivity contribution in [2.24, 2.45) is 4.99 Å². The van der Waals surface area contributed by atoms with Crippen LogP contribution in [0.25, 0.3) is 21.8 Å². The van der Waals surface area contributed by atoms with Gasteiger partial charge in [-0.2, -0.15) is 0 Å². The molecule has 1 heterocycles. The van der Waals surface area contributed by atoms with Gasteiger partial charge in [-0.3, -0.25) is 14.6 Å². The molecule has 4 nitrogen and oxygen atoms in total. The zero-order valence-electron chi connectivity index (χ0n) is 22.2. The first kappa shape index (κ1) is 26.9. The summed E-state index contributed by atoms with van der Waals surface area (Å²) in [6, 6.07) is 27.0. The summed E-state index contributed by atoms with van der Waals surface area (Å²) in [6.45, 7) is 4.83.